The van der Waals surface area contributed by atoms with Crippen molar-refractivity contribution >= 4 is 19.2 Å². The monoisotopic (exact) mass is 556 g/mol. The second kappa shape index (κ2) is 11.0. The van der Waals surface area contributed by atoms with Crippen LogP contribution in [0.5, 0.6) is 0 Å². The maximum absolute atomic E-state index is 15.4. The van der Waals surface area contributed by atoms with E-state index in [0.29, 0.717) is 11.1 Å². The fourth-order valence-corrected chi connectivity index (χ4v) is 12.4. The van der Waals surface area contributed by atoms with Gasteiger partial charge in [-0.25, -0.2) is 0 Å². The molecule has 2 atom stereocenters. The van der Waals surface area contributed by atoms with Crippen molar-refractivity contribution in [2.45, 2.75) is 60.1 Å². The molecule has 0 saturated carbocycles. The summed E-state index contributed by atoms with van der Waals surface area (Å²) >= 11 is -7.24. The van der Waals surface area contributed by atoms with Gasteiger partial charge in [-0.3, -0.25) is 0 Å². The number of benzene rings is 2. The fourth-order valence-electron chi connectivity index (χ4n) is 3.09. The van der Waals surface area contributed by atoms with Crippen LogP contribution in [0.4, 0.5) is 26.3 Å². The third-order valence-electron chi connectivity index (χ3n) is 4.95. The molecule has 2 nitrogen and oxygen atoms in total. The van der Waals surface area contributed by atoms with Crippen LogP contribution in [-0.2, 0) is 19.4 Å². The molecular formula is C22H26F6O2Sn. The summed E-state index contributed by atoms with van der Waals surface area (Å²) in [5.74, 6) is 0. The first kappa shape index (κ1) is 26.0. The van der Waals surface area contributed by atoms with E-state index in [0.717, 1.165) is 13.8 Å². The summed E-state index contributed by atoms with van der Waals surface area (Å²) in [6.45, 7) is 0.885. The van der Waals surface area contributed by atoms with E-state index in [1.807, 2.05) is 0 Å². The van der Waals surface area contributed by atoms with E-state index in [4.69, 9.17) is 6.15 Å². The van der Waals surface area contributed by atoms with Gasteiger partial charge < -0.3 is 0 Å². The zero-order valence-electron chi connectivity index (χ0n) is 17.3. The number of hydrogen-bond donors (Lipinski definition) is 0. The summed E-state index contributed by atoms with van der Waals surface area (Å²) in [4.78, 5) is 0. The summed E-state index contributed by atoms with van der Waals surface area (Å²) in [7, 11) is 0. The third kappa shape index (κ3) is 5.57. The Balaban J connectivity index is 2.56. The van der Waals surface area contributed by atoms with Crippen LogP contribution in [0.3, 0.4) is 0 Å². The molecular weight excluding hydrogens is 529 g/mol. The van der Waals surface area contributed by atoms with Crippen LogP contribution >= 0.6 is 0 Å². The Morgan fingerprint density at radius 1 is 0.677 bits per heavy atom. The van der Waals surface area contributed by atoms with Gasteiger partial charge in [0.05, 0.1) is 0 Å². The minimum absolute atomic E-state index is 0.317. The first-order valence-corrected chi connectivity index (χ1v) is 15.2. The van der Waals surface area contributed by atoms with Gasteiger partial charge in [-0.2, -0.15) is 0 Å². The molecule has 0 spiro atoms. The molecule has 0 fully saturated rings. The molecule has 0 N–H and O–H groups in total. The zero-order chi connectivity index (χ0) is 23.1. The molecule has 0 aliphatic heterocycles. The molecule has 9 heteroatoms. The predicted molar refractivity (Wildman–Crippen MR) is 108 cm³/mol. The molecule has 0 bridgehead atoms. The molecule has 0 radical (unpaired) electrons. The SMILES string of the molecule is CCC(F)[C](F)(F)[Sn]([O]Cc1ccccc1)([O]Cc1ccccc1)[C](F)(F)C(F)CC. The Morgan fingerprint density at radius 3 is 1.29 bits per heavy atom. The van der Waals surface area contributed by atoms with Crippen LogP contribution in [0.2, 0.25) is 0 Å². The number of halogens is 6. The van der Waals surface area contributed by atoms with Crippen LogP contribution < -0.4 is 0 Å². The van der Waals surface area contributed by atoms with E-state index in [9.17, 15) is 8.78 Å². The summed E-state index contributed by atoms with van der Waals surface area (Å²) in [5.41, 5.74) is 0.634. The third-order valence-corrected chi connectivity index (χ3v) is 14.9. The summed E-state index contributed by atoms with van der Waals surface area (Å²) in [6, 6.07) is 15.6. The fraction of sp³-hybridized carbons (Fsp3) is 0.455. The van der Waals surface area contributed by atoms with Gasteiger partial charge in [-0.1, -0.05) is 0 Å². The number of rotatable bonds is 12. The molecule has 2 aromatic rings. The average Bonchev–Trinajstić information content (AvgIpc) is 2.78. The molecule has 0 aliphatic carbocycles. The van der Waals surface area contributed by atoms with Crippen LogP contribution in [-0.4, -0.2) is 39.4 Å². The molecule has 2 aromatic carbocycles. The standard InChI is InChI=1S/2C7H7O.2C4H6F3.Sn/c2*8-6-7-4-2-1-3-5-7;2*1-2-3(5)4(6)7;/h2*1-5H,6H2;2*3H,2H2,1H3;/q2*-1;;;+2. The molecule has 0 saturated heterocycles. The summed E-state index contributed by atoms with van der Waals surface area (Å²) in [6.07, 6.45) is -7.39. The Labute approximate surface area is 183 Å². The molecule has 172 valence electrons. The van der Waals surface area contributed by atoms with Crippen molar-refractivity contribution in [3.05, 3.63) is 71.8 Å². The van der Waals surface area contributed by atoms with Crippen molar-refractivity contribution < 1.29 is 32.5 Å². The summed E-state index contributed by atoms with van der Waals surface area (Å²) < 4.78 is 91.5. The van der Waals surface area contributed by atoms with E-state index in [1.54, 1.807) is 36.4 Å². The van der Waals surface area contributed by atoms with E-state index in [2.05, 4.69) is 0 Å². The molecule has 0 heterocycles. The Kier molecular flexibility index (Phi) is 9.26. The quantitative estimate of drug-likeness (QED) is 0.214. The van der Waals surface area contributed by atoms with Crippen molar-refractivity contribution in [2.24, 2.45) is 0 Å². The van der Waals surface area contributed by atoms with Gasteiger partial charge in [-0.15, -0.1) is 0 Å². The molecule has 2 rings (SSSR count). The van der Waals surface area contributed by atoms with Crippen LogP contribution in [0.1, 0.15) is 37.8 Å². The Bertz CT molecular complexity index is 724. The second-order valence-electron chi connectivity index (χ2n) is 7.16. The maximum atomic E-state index is 15.4. The minimum atomic E-state index is -7.24. The zero-order valence-corrected chi connectivity index (χ0v) is 20.2. The van der Waals surface area contributed by atoms with E-state index >= 15 is 17.6 Å². The van der Waals surface area contributed by atoms with Gasteiger partial charge in [0, 0.05) is 0 Å². The van der Waals surface area contributed by atoms with Crippen molar-refractivity contribution in [1.82, 2.24) is 0 Å². The van der Waals surface area contributed by atoms with Gasteiger partial charge in [0.15, 0.2) is 0 Å². The van der Waals surface area contributed by atoms with Gasteiger partial charge in [0.2, 0.25) is 0 Å². The van der Waals surface area contributed by atoms with E-state index in [1.165, 1.54) is 24.3 Å². The van der Waals surface area contributed by atoms with Gasteiger partial charge >= 0.3 is 184 Å². The molecule has 0 aliphatic rings. The van der Waals surface area contributed by atoms with Crippen LogP contribution in [0, 0.1) is 0 Å². The summed E-state index contributed by atoms with van der Waals surface area (Å²) in [5, 5.41) is 0. The Morgan fingerprint density at radius 2 is 1.00 bits per heavy atom. The number of alkyl halides is 6. The first-order valence-electron chi connectivity index (χ1n) is 10.0. The van der Waals surface area contributed by atoms with Crippen molar-refractivity contribution in [3.8, 4) is 0 Å². The van der Waals surface area contributed by atoms with Crippen molar-refractivity contribution in [2.75, 3.05) is 0 Å². The molecule has 2 unspecified atom stereocenters. The number of hydrogen-bond acceptors (Lipinski definition) is 2. The van der Waals surface area contributed by atoms with Crippen LogP contribution in [0.25, 0.3) is 0 Å². The molecule has 0 aromatic heterocycles. The van der Waals surface area contributed by atoms with Gasteiger partial charge in [0.25, 0.3) is 0 Å². The molecule has 0 amide bonds. The van der Waals surface area contributed by atoms with Crippen LogP contribution in [0.15, 0.2) is 60.7 Å². The van der Waals surface area contributed by atoms with Gasteiger partial charge in [0.1, 0.15) is 0 Å². The average molecular weight is 555 g/mol. The predicted octanol–water partition coefficient (Wildman–Crippen LogP) is 6.71. The normalized spacial score (nSPS) is 15.0. The first-order chi connectivity index (χ1) is 14.6. The second-order valence-corrected chi connectivity index (χ2v) is 16.1. The molecule has 31 heavy (non-hydrogen) atoms. The Hall–Kier alpha value is -1.26. The van der Waals surface area contributed by atoms with Crippen molar-refractivity contribution in [1.29, 1.82) is 0 Å². The van der Waals surface area contributed by atoms with Gasteiger partial charge in [-0.05, 0) is 0 Å². The van der Waals surface area contributed by atoms with Crippen molar-refractivity contribution in [3.63, 3.8) is 0 Å². The van der Waals surface area contributed by atoms with E-state index in [-0.39, 0.29) is 0 Å². The topological polar surface area (TPSA) is 18.5 Å². The van der Waals surface area contributed by atoms with E-state index < -0.39 is 65.5 Å².